The zero-order valence-corrected chi connectivity index (χ0v) is 12.4. The highest BCUT2D eigenvalue weighted by molar-refractivity contribution is 5.89. The van der Waals surface area contributed by atoms with Crippen molar-refractivity contribution in [3.05, 3.63) is 29.3 Å². The van der Waals surface area contributed by atoms with Gasteiger partial charge in [0.05, 0.1) is 18.3 Å². The van der Waals surface area contributed by atoms with Crippen LogP contribution in [0.1, 0.15) is 22.8 Å². The molecule has 0 spiro atoms. The van der Waals surface area contributed by atoms with Crippen molar-refractivity contribution in [2.45, 2.75) is 19.4 Å². The largest absolute Gasteiger partial charge is 0.478 e. The molecule has 1 atom stereocenters. The summed E-state index contributed by atoms with van der Waals surface area (Å²) in [5.74, 6) is -0.865. The van der Waals surface area contributed by atoms with Gasteiger partial charge in [0, 0.05) is 31.9 Å². The minimum absolute atomic E-state index is 0.207. The topological polar surface area (TPSA) is 53.0 Å². The number of likely N-dealkylation sites (N-methyl/N-ethyl adjacent to an activating group) is 1. The first kappa shape index (κ1) is 14.4. The Morgan fingerprint density at radius 1 is 1.43 bits per heavy atom. The first-order valence-electron chi connectivity index (χ1n) is 7.62. The van der Waals surface area contributed by atoms with Crippen LogP contribution in [0.15, 0.2) is 18.2 Å². The summed E-state index contributed by atoms with van der Waals surface area (Å²) in [6, 6.07) is 5.44. The number of carboxylic acid groups (broad SMARTS) is 1. The second-order valence-corrected chi connectivity index (χ2v) is 5.73. The number of benzene rings is 1. The molecule has 5 heteroatoms. The molecule has 21 heavy (non-hydrogen) atoms. The Labute approximate surface area is 125 Å². The van der Waals surface area contributed by atoms with E-state index in [1.165, 1.54) is 5.56 Å². The van der Waals surface area contributed by atoms with Crippen molar-refractivity contribution in [1.29, 1.82) is 0 Å². The standard InChI is InChI=1S/C16H22N2O3/c1-2-17-7-8-21-14(10-17)11-18-6-5-12-3-4-13(16(19)20)9-15(12)18/h3-4,9,14H,2,5-8,10-11H2,1H3,(H,19,20). The van der Waals surface area contributed by atoms with Crippen LogP contribution in [0.3, 0.4) is 0 Å². The van der Waals surface area contributed by atoms with Crippen LogP contribution in [0.5, 0.6) is 0 Å². The Hall–Kier alpha value is -1.59. The van der Waals surface area contributed by atoms with E-state index in [1.54, 1.807) is 12.1 Å². The average Bonchev–Trinajstić information content (AvgIpc) is 2.90. The third-order valence-corrected chi connectivity index (χ3v) is 4.42. The van der Waals surface area contributed by atoms with Crippen molar-refractivity contribution < 1.29 is 14.6 Å². The van der Waals surface area contributed by atoms with Crippen molar-refractivity contribution >= 4 is 11.7 Å². The zero-order valence-electron chi connectivity index (χ0n) is 12.4. The number of aromatic carboxylic acids is 1. The highest BCUT2D eigenvalue weighted by Gasteiger charge is 2.26. The fraction of sp³-hybridized carbons (Fsp3) is 0.562. The molecule has 2 aliphatic rings. The third-order valence-electron chi connectivity index (χ3n) is 4.42. The van der Waals surface area contributed by atoms with Crippen LogP contribution in [0.25, 0.3) is 0 Å². The Morgan fingerprint density at radius 2 is 2.29 bits per heavy atom. The molecule has 0 aliphatic carbocycles. The van der Waals surface area contributed by atoms with Crippen molar-refractivity contribution in [3.8, 4) is 0 Å². The molecule has 0 radical (unpaired) electrons. The quantitative estimate of drug-likeness (QED) is 0.910. The molecule has 2 heterocycles. The molecule has 0 saturated carbocycles. The summed E-state index contributed by atoms with van der Waals surface area (Å²) in [7, 11) is 0. The number of carbonyl (C=O) groups is 1. The van der Waals surface area contributed by atoms with Gasteiger partial charge in [-0.05, 0) is 30.7 Å². The number of ether oxygens (including phenoxy) is 1. The van der Waals surface area contributed by atoms with E-state index in [0.717, 1.165) is 51.4 Å². The first-order chi connectivity index (χ1) is 10.2. The summed E-state index contributed by atoms with van der Waals surface area (Å²) >= 11 is 0. The number of hydrogen-bond donors (Lipinski definition) is 1. The van der Waals surface area contributed by atoms with Gasteiger partial charge in [-0.1, -0.05) is 13.0 Å². The number of rotatable bonds is 4. The number of morpholine rings is 1. The minimum atomic E-state index is -0.865. The highest BCUT2D eigenvalue weighted by Crippen LogP contribution is 2.29. The van der Waals surface area contributed by atoms with Crippen LogP contribution in [0, 0.1) is 0 Å². The molecule has 1 aromatic rings. The van der Waals surface area contributed by atoms with Crippen molar-refractivity contribution in [1.82, 2.24) is 4.90 Å². The molecular weight excluding hydrogens is 268 g/mol. The van der Waals surface area contributed by atoms with Gasteiger partial charge in [0.2, 0.25) is 0 Å². The lowest BCUT2D eigenvalue weighted by atomic mass is 10.1. The fourth-order valence-corrected chi connectivity index (χ4v) is 3.19. The van der Waals surface area contributed by atoms with Gasteiger partial charge < -0.3 is 14.7 Å². The Morgan fingerprint density at radius 3 is 3.05 bits per heavy atom. The Bertz CT molecular complexity index is 532. The number of hydrogen-bond acceptors (Lipinski definition) is 4. The van der Waals surface area contributed by atoms with Gasteiger partial charge in [-0.15, -0.1) is 0 Å². The second-order valence-electron chi connectivity index (χ2n) is 5.73. The lowest BCUT2D eigenvalue weighted by Gasteiger charge is -2.34. The lowest BCUT2D eigenvalue weighted by Crippen LogP contribution is -2.47. The number of nitrogens with zero attached hydrogens (tertiary/aromatic N) is 2. The maximum atomic E-state index is 11.1. The average molecular weight is 290 g/mol. The summed E-state index contributed by atoms with van der Waals surface area (Å²) in [4.78, 5) is 15.8. The molecule has 1 fully saturated rings. The maximum absolute atomic E-state index is 11.1. The van der Waals surface area contributed by atoms with Gasteiger partial charge in [-0.25, -0.2) is 4.79 Å². The number of carboxylic acids is 1. The molecule has 114 valence electrons. The Balaban J connectivity index is 1.71. The summed E-state index contributed by atoms with van der Waals surface area (Å²) < 4.78 is 5.87. The van der Waals surface area contributed by atoms with Gasteiger partial charge in [0.1, 0.15) is 0 Å². The number of anilines is 1. The molecule has 1 saturated heterocycles. The predicted octanol–water partition coefficient (Wildman–Crippen LogP) is 1.47. The van der Waals surface area contributed by atoms with Crippen molar-refractivity contribution in [2.75, 3.05) is 44.2 Å². The molecule has 1 unspecified atom stereocenters. The molecule has 1 N–H and O–H groups in total. The maximum Gasteiger partial charge on any atom is 0.335 e. The van der Waals surface area contributed by atoms with Crippen LogP contribution in [-0.4, -0.2) is 61.4 Å². The Kier molecular flexibility index (Phi) is 4.12. The number of fused-ring (bicyclic) bond motifs is 1. The third kappa shape index (κ3) is 3.04. The summed E-state index contributed by atoms with van der Waals surface area (Å²) in [6.07, 6.45) is 1.19. The van der Waals surface area contributed by atoms with Crippen LogP contribution >= 0.6 is 0 Å². The van der Waals surface area contributed by atoms with E-state index in [2.05, 4.69) is 16.7 Å². The second kappa shape index (κ2) is 6.03. The van der Waals surface area contributed by atoms with E-state index < -0.39 is 5.97 Å². The van der Waals surface area contributed by atoms with Crippen LogP contribution < -0.4 is 4.90 Å². The van der Waals surface area contributed by atoms with Crippen molar-refractivity contribution in [3.63, 3.8) is 0 Å². The molecule has 0 amide bonds. The van der Waals surface area contributed by atoms with Gasteiger partial charge in [0.15, 0.2) is 0 Å². The predicted molar refractivity (Wildman–Crippen MR) is 81.2 cm³/mol. The molecule has 3 rings (SSSR count). The van der Waals surface area contributed by atoms with Crippen LogP contribution in [-0.2, 0) is 11.2 Å². The highest BCUT2D eigenvalue weighted by atomic mass is 16.5. The molecule has 5 nitrogen and oxygen atoms in total. The van der Waals surface area contributed by atoms with Gasteiger partial charge in [-0.2, -0.15) is 0 Å². The van der Waals surface area contributed by atoms with Crippen molar-refractivity contribution in [2.24, 2.45) is 0 Å². The molecule has 0 aromatic heterocycles. The molecular formula is C16H22N2O3. The normalized spacial score (nSPS) is 22.3. The van der Waals surface area contributed by atoms with Gasteiger partial charge in [0.25, 0.3) is 0 Å². The van der Waals surface area contributed by atoms with Gasteiger partial charge in [-0.3, -0.25) is 4.90 Å². The van der Waals surface area contributed by atoms with E-state index in [4.69, 9.17) is 9.84 Å². The fourth-order valence-electron chi connectivity index (χ4n) is 3.19. The summed E-state index contributed by atoms with van der Waals surface area (Å²) in [5.41, 5.74) is 2.66. The van der Waals surface area contributed by atoms with Crippen LogP contribution in [0.4, 0.5) is 5.69 Å². The first-order valence-corrected chi connectivity index (χ1v) is 7.62. The SMILES string of the molecule is CCN1CCOC(CN2CCc3ccc(C(=O)O)cc32)C1. The zero-order chi connectivity index (χ0) is 14.8. The smallest absolute Gasteiger partial charge is 0.335 e. The molecule has 1 aromatic carbocycles. The monoisotopic (exact) mass is 290 g/mol. The van der Waals surface area contributed by atoms with E-state index in [1.807, 2.05) is 6.07 Å². The van der Waals surface area contributed by atoms with E-state index >= 15 is 0 Å². The summed E-state index contributed by atoms with van der Waals surface area (Å²) in [5, 5.41) is 9.14. The minimum Gasteiger partial charge on any atom is -0.478 e. The molecule has 0 bridgehead atoms. The van der Waals surface area contributed by atoms with Crippen LogP contribution in [0.2, 0.25) is 0 Å². The van der Waals surface area contributed by atoms with Gasteiger partial charge >= 0.3 is 5.97 Å². The van der Waals surface area contributed by atoms with E-state index in [-0.39, 0.29) is 6.10 Å². The van der Waals surface area contributed by atoms with E-state index in [0.29, 0.717) is 5.56 Å². The lowest BCUT2D eigenvalue weighted by molar-refractivity contribution is -0.0219. The van der Waals surface area contributed by atoms with E-state index in [9.17, 15) is 4.79 Å². The summed E-state index contributed by atoms with van der Waals surface area (Å²) in [6.45, 7) is 7.77. The molecule has 2 aliphatic heterocycles.